The lowest BCUT2D eigenvalue weighted by atomic mass is 10.2. The number of ether oxygens (including phenoxy) is 1. The largest absolute Gasteiger partial charge is 0.453 e. The van der Waals surface area contributed by atoms with Crippen molar-refractivity contribution >= 4 is 28.9 Å². The van der Waals surface area contributed by atoms with E-state index in [0.717, 1.165) is 11.6 Å². The van der Waals surface area contributed by atoms with E-state index in [1.165, 1.54) is 18.3 Å². The summed E-state index contributed by atoms with van der Waals surface area (Å²) in [5, 5.41) is 5.84. The zero-order valence-corrected chi connectivity index (χ0v) is 13.5. The first kappa shape index (κ1) is 18.0. The van der Waals surface area contributed by atoms with Gasteiger partial charge in [-0.25, -0.2) is 13.2 Å². The molecule has 0 aliphatic rings. The molecule has 0 fully saturated rings. The van der Waals surface area contributed by atoms with Crippen LogP contribution in [0.2, 0.25) is 0 Å². The molecular weight excluding hydrogens is 343 g/mol. The van der Waals surface area contributed by atoms with Crippen molar-refractivity contribution in [3.05, 3.63) is 52.0 Å². The van der Waals surface area contributed by atoms with E-state index in [2.05, 4.69) is 5.32 Å². The van der Waals surface area contributed by atoms with E-state index >= 15 is 0 Å². The maximum atomic E-state index is 13.5. The van der Waals surface area contributed by atoms with Crippen molar-refractivity contribution in [3.8, 4) is 0 Å². The van der Waals surface area contributed by atoms with Crippen molar-refractivity contribution in [2.75, 3.05) is 5.32 Å². The van der Waals surface area contributed by atoms with E-state index in [1.54, 1.807) is 0 Å². The van der Waals surface area contributed by atoms with Gasteiger partial charge >= 0.3 is 5.97 Å². The highest BCUT2D eigenvalue weighted by atomic mass is 32.1. The van der Waals surface area contributed by atoms with Crippen LogP contribution in [-0.2, 0) is 20.7 Å². The zero-order valence-electron chi connectivity index (χ0n) is 12.6. The van der Waals surface area contributed by atoms with Gasteiger partial charge in [0.15, 0.2) is 23.6 Å². The number of nitrogens with one attached hydrogen (secondary N) is 1. The van der Waals surface area contributed by atoms with Gasteiger partial charge in [-0.3, -0.25) is 9.59 Å². The van der Waals surface area contributed by atoms with Crippen LogP contribution in [0.25, 0.3) is 0 Å². The number of anilines is 1. The topological polar surface area (TPSA) is 55.4 Å². The quantitative estimate of drug-likeness (QED) is 0.634. The summed E-state index contributed by atoms with van der Waals surface area (Å²) in [6.07, 6.45) is -0.630. The van der Waals surface area contributed by atoms with Crippen molar-refractivity contribution in [2.45, 2.75) is 25.9 Å². The molecule has 24 heavy (non-hydrogen) atoms. The lowest BCUT2D eigenvalue weighted by Crippen LogP contribution is -2.30. The molecule has 1 N–H and O–H groups in total. The van der Waals surface area contributed by atoms with E-state index in [4.69, 9.17) is 4.74 Å². The Kier molecular flexibility index (Phi) is 5.97. The number of thiophene rings is 1. The van der Waals surface area contributed by atoms with Crippen molar-refractivity contribution in [2.24, 2.45) is 0 Å². The SMILES string of the molecule is C[C@H](OC(=O)CCc1ccsc1)C(=O)Nc1ccc(F)c(F)c1F. The first-order valence-electron chi connectivity index (χ1n) is 7.03. The third-order valence-electron chi connectivity index (χ3n) is 3.17. The minimum Gasteiger partial charge on any atom is -0.453 e. The molecule has 0 unspecified atom stereocenters. The minimum atomic E-state index is -1.69. The van der Waals surface area contributed by atoms with E-state index < -0.39 is 41.1 Å². The van der Waals surface area contributed by atoms with E-state index in [9.17, 15) is 22.8 Å². The average Bonchev–Trinajstić information content (AvgIpc) is 3.07. The molecule has 1 amide bonds. The number of carbonyl (C=O) groups excluding carboxylic acids is 2. The number of hydrogen-bond donors (Lipinski definition) is 1. The Morgan fingerprint density at radius 3 is 2.62 bits per heavy atom. The van der Waals surface area contributed by atoms with Gasteiger partial charge in [0.2, 0.25) is 0 Å². The van der Waals surface area contributed by atoms with Crippen molar-refractivity contribution in [1.82, 2.24) is 0 Å². The Balaban J connectivity index is 1.88. The molecule has 0 aliphatic carbocycles. The lowest BCUT2D eigenvalue weighted by molar-refractivity contribution is -0.153. The smallest absolute Gasteiger partial charge is 0.306 e. The summed E-state index contributed by atoms with van der Waals surface area (Å²) >= 11 is 1.51. The first-order chi connectivity index (χ1) is 11.4. The number of benzene rings is 1. The number of halogens is 3. The third-order valence-corrected chi connectivity index (χ3v) is 3.90. The van der Waals surface area contributed by atoms with E-state index in [1.807, 2.05) is 16.8 Å². The average molecular weight is 357 g/mol. The third kappa shape index (κ3) is 4.58. The fourth-order valence-corrected chi connectivity index (χ4v) is 2.55. The van der Waals surface area contributed by atoms with Crippen LogP contribution in [-0.4, -0.2) is 18.0 Å². The number of hydrogen-bond acceptors (Lipinski definition) is 4. The van der Waals surface area contributed by atoms with Crippen LogP contribution in [0, 0.1) is 17.5 Å². The second-order valence-corrected chi connectivity index (χ2v) is 5.76. The van der Waals surface area contributed by atoms with E-state index in [-0.39, 0.29) is 6.42 Å². The van der Waals surface area contributed by atoms with Gasteiger partial charge in [0, 0.05) is 6.42 Å². The molecule has 2 aromatic rings. The highest BCUT2D eigenvalue weighted by Gasteiger charge is 2.21. The fourth-order valence-electron chi connectivity index (χ4n) is 1.85. The molecule has 0 spiro atoms. The summed E-state index contributed by atoms with van der Waals surface area (Å²) in [4.78, 5) is 23.5. The Morgan fingerprint density at radius 1 is 1.21 bits per heavy atom. The molecule has 2 rings (SSSR count). The highest BCUT2D eigenvalue weighted by molar-refractivity contribution is 7.07. The number of amides is 1. The predicted molar refractivity (Wildman–Crippen MR) is 83.1 cm³/mol. The number of aryl methyl sites for hydroxylation is 1. The molecule has 1 aromatic heterocycles. The van der Waals surface area contributed by atoms with Gasteiger partial charge in [-0.05, 0) is 47.9 Å². The van der Waals surface area contributed by atoms with Crippen molar-refractivity contribution in [3.63, 3.8) is 0 Å². The van der Waals surface area contributed by atoms with Gasteiger partial charge < -0.3 is 10.1 Å². The number of esters is 1. The molecule has 0 radical (unpaired) electrons. The van der Waals surface area contributed by atoms with Crippen LogP contribution in [0.5, 0.6) is 0 Å². The molecular formula is C16H14F3NO3S. The fraction of sp³-hybridized carbons (Fsp3) is 0.250. The van der Waals surface area contributed by atoms with Gasteiger partial charge in [-0.1, -0.05) is 0 Å². The monoisotopic (exact) mass is 357 g/mol. The van der Waals surface area contributed by atoms with E-state index in [0.29, 0.717) is 12.5 Å². The van der Waals surface area contributed by atoms with Crippen LogP contribution < -0.4 is 5.32 Å². The molecule has 0 saturated carbocycles. The molecule has 0 saturated heterocycles. The molecule has 128 valence electrons. The van der Waals surface area contributed by atoms with Crippen LogP contribution in [0.15, 0.2) is 29.0 Å². The number of carbonyl (C=O) groups is 2. The Bertz CT molecular complexity index is 734. The van der Waals surface area contributed by atoms with Crippen LogP contribution in [0.3, 0.4) is 0 Å². The Labute approximate surface area is 140 Å². The van der Waals surface area contributed by atoms with Gasteiger partial charge in [0.25, 0.3) is 5.91 Å². The molecule has 0 bridgehead atoms. The maximum Gasteiger partial charge on any atom is 0.306 e. The first-order valence-corrected chi connectivity index (χ1v) is 7.97. The molecule has 1 atom stereocenters. The van der Waals surface area contributed by atoms with Gasteiger partial charge in [0.05, 0.1) is 5.69 Å². The maximum absolute atomic E-state index is 13.5. The molecule has 8 heteroatoms. The summed E-state index contributed by atoms with van der Waals surface area (Å²) in [6, 6.07) is 3.45. The summed E-state index contributed by atoms with van der Waals surface area (Å²) in [5.41, 5.74) is 0.456. The van der Waals surface area contributed by atoms with Gasteiger partial charge in [-0.15, -0.1) is 0 Å². The van der Waals surface area contributed by atoms with Gasteiger partial charge in [-0.2, -0.15) is 11.3 Å². The lowest BCUT2D eigenvalue weighted by Gasteiger charge is -2.14. The second kappa shape index (κ2) is 7.96. The summed E-state index contributed by atoms with van der Waals surface area (Å²) in [5.74, 6) is -6.00. The summed E-state index contributed by atoms with van der Waals surface area (Å²) in [7, 11) is 0. The Hall–Kier alpha value is -2.35. The van der Waals surface area contributed by atoms with Crippen LogP contribution >= 0.6 is 11.3 Å². The predicted octanol–water partition coefficient (Wildman–Crippen LogP) is 3.67. The zero-order chi connectivity index (χ0) is 17.7. The normalized spacial score (nSPS) is 11.8. The molecule has 1 heterocycles. The van der Waals surface area contributed by atoms with Crippen molar-refractivity contribution in [1.29, 1.82) is 0 Å². The minimum absolute atomic E-state index is 0.0912. The highest BCUT2D eigenvalue weighted by Crippen LogP contribution is 2.20. The van der Waals surface area contributed by atoms with Crippen LogP contribution in [0.4, 0.5) is 18.9 Å². The standard InChI is InChI=1S/C16H14F3NO3S/c1-9(23-13(21)5-2-10-6-7-24-8-10)16(22)20-12-4-3-11(17)14(18)15(12)19/h3-4,6-9H,2,5H2,1H3,(H,20,22)/t9-/m0/s1. The van der Waals surface area contributed by atoms with Gasteiger partial charge in [0.1, 0.15) is 0 Å². The van der Waals surface area contributed by atoms with Crippen LogP contribution in [0.1, 0.15) is 18.9 Å². The Morgan fingerprint density at radius 2 is 1.96 bits per heavy atom. The molecule has 1 aromatic carbocycles. The molecule has 4 nitrogen and oxygen atoms in total. The summed E-state index contributed by atoms with van der Waals surface area (Å²) < 4.78 is 44.4. The second-order valence-electron chi connectivity index (χ2n) is 4.98. The number of rotatable bonds is 6. The molecule has 0 aliphatic heterocycles. The van der Waals surface area contributed by atoms with Crippen molar-refractivity contribution < 1.29 is 27.5 Å². The summed E-state index contributed by atoms with van der Waals surface area (Å²) in [6.45, 7) is 1.30.